The molecule has 0 spiro atoms. The van der Waals surface area contributed by atoms with Gasteiger partial charge in [-0.3, -0.25) is 0 Å². The molecule has 21 heavy (non-hydrogen) atoms. The summed E-state index contributed by atoms with van der Waals surface area (Å²) < 4.78 is 1.17. The fourth-order valence-electron chi connectivity index (χ4n) is 2.54. The zero-order chi connectivity index (χ0) is 15.8. The lowest BCUT2D eigenvalue weighted by Crippen LogP contribution is -2.14. The van der Waals surface area contributed by atoms with Crippen molar-refractivity contribution in [1.82, 2.24) is 0 Å². The van der Waals surface area contributed by atoms with Gasteiger partial charge in [0, 0.05) is 4.47 Å². The topological polar surface area (TPSA) is 26.0 Å². The van der Waals surface area contributed by atoms with Gasteiger partial charge in [0.25, 0.3) is 0 Å². The van der Waals surface area contributed by atoms with Gasteiger partial charge in [-0.2, -0.15) is 0 Å². The molecule has 2 aromatic carbocycles. The highest BCUT2D eigenvalue weighted by Crippen LogP contribution is 2.29. The van der Waals surface area contributed by atoms with Crippen LogP contribution in [0.2, 0.25) is 0 Å². The third kappa shape index (κ3) is 3.56. The summed E-state index contributed by atoms with van der Waals surface area (Å²) in [4.78, 5) is 0. The summed E-state index contributed by atoms with van der Waals surface area (Å²) in [5.41, 5.74) is 12.7. The maximum absolute atomic E-state index is 6.45. The third-order valence-electron chi connectivity index (χ3n) is 3.95. The number of benzene rings is 2. The second-order valence-electron chi connectivity index (χ2n) is 6.82. The van der Waals surface area contributed by atoms with Crippen molar-refractivity contribution in [3.63, 3.8) is 0 Å². The Morgan fingerprint density at radius 1 is 0.905 bits per heavy atom. The van der Waals surface area contributed by atoms with Crippen molar-refractivity contribution in [2.75, 3.05) is 0 Å². The summed E-state index contributed by atoms with van der Waals surface area (Å²) in [7, 11) is 0. The first-order valence-corrected chi connectivity index (χ1v) is 8.12. The number of nitrogens with two attached hydrogens (primary N) is 1. The van der Waals surface area contributed by atoms with Crippen molar-refractivity contribution in [3.8, 4) is 0 Å². The third-order valence-corrected chi connectivity index (χ3v) is 5.20. The van der Waals surface area contributed by atoms with Gasteiger partial charge < -0.3 is 5.73 Å². The summed E-state index contributed by atoms with van der Waals surface area (Å²) in [6, 6.07) is 12.9. The Kier molecular flexibility index (Phi) is 4.60. The van der Waals surface area contributed by atoms with E-state index in [2.05, 4.69) is 86.9 Å². The highest BCUT2D eigenvalue weighted by Gasteiger charge is 2.15. The SMILES string of the molecule is Cc1cc(C(N)c2ccc(C(C)(C)C)cc2)cc(C)c1Br. The van der Waals surface area contributed by atoms with Crippen LogP contribution in [0.4, 0.5) is 0 Å². The number of rotatable bonds is 2. The van der Waals surface area contributed by atoms with Crippen LogP contribution < -0.4 is 5.73 Å². The maximum Gasteiger partial charge on any atom is 0.0551 e. The lowest BCUT2D eigenvalue weighted by Gasteiger charge is -2.21. The van der Waals surface area contributed by atoms with E-state index in [0.717, 1.165) is 11.1 Å². The Hall–Kier alpha value is -1.12. The lowest BCUT2D eigenvalue weighted by atomic mass is 9.85. The van der Waals surface area contributed by atoms with Gasteiger partial charge in [0.2, 0.25) is 0 Å². The highest BCUT2D eigenvalue weighted by atomic mass is 79.9. The second kappa shape index (κ2) is 5.94. The quantitative estimate of drug-likeness (QED) is 0.773. The Bertz CT molecular complexity index is 613. The first-order chi connectivity index (χ1) is 9.70. The molecule has 0 aliphatic carbocycles. The minimum absolute atomic E-state index is 0.0791. The summed E-state index contributed by atoms with van der Waals surface area (Å²) in [6.45, 7) is 10.9. The lowest BCUT2D eigenvalue weighted by molar-refractivity contribution is 0.589. The van der Waals surface area contributed by atoms with Crippen LogP contribution in [0.25, 0.3) is 0 Å². The molecule has 0 bridgehead atoms. The van der Waals surface area contributed by atoms with Crippen molar-refractivity contribution in [3.05, 3.63) is 68.7 Å². The Morgan fingerprint density at radius 3 is 1.81 bits per heavy atom. The van der Waals surface area contributed by atoms with Gasteiger partial charge >= 0.3 is 0 Å². The van der Waals surface area contributed by atoms with E-state index in [1.165, 1.54) is 21.2 Å². The Morgan fingerprint density at radius 2 is 1.38 bits per heavy atom. The predicted molar refractivity (Wildman–Crippen MR) is 94.8 cm³/mol. The molecule has 1 nitrogen and oxygen atoms in total. The van der Waals surface area contributed by atoms with Gasteiger partial charge in [0.05, 0.1) is 6.04 Å². The summed E-state index contributed by atoms with van der Waals surface area (Å²) in [5.74, 6) is 0. The molecule has 112 valence electrons. The largest absolute Gasteiger partial charge is 0.320 e. The smallest absolute Gasteiger partial charge is 0.0551 e. The minimum Gasteiger partial charge on any atom is -0.320 e. The van der Waals surface area contributed by atoms with Crippen molar-refractivity contribution < 1.29 is 0 Å². The van der Waals surface area contributed by atoms with Crippen LogP contribution in [-0.4, -0.2) is 0 Å². The van der Waals surface area contributed by atoms with Crippen LogP contribution in [0.1, 0.15) is 54.6 Å². The molecule has 0 radical (unpaired) electrons. The Labute approximate surface area is 136 Å². The standard InChI is InChI=1S/C19H24BrN/c1-12-10-15(11-13(2)17(12)20)18(21)14-6-8-16(9-7-14)19(3,4)5/h6-11,18H,21H2,1-5H3. The van der Waals surface area contributed by atoms with E-state index >= 15 is 0 Å². The van der Waals surface area contributed by atoms with E-state index in [4.69, 9.17) is 5.73 Å². The van der Waals surface area contributed by atoms with E-state index in [1.807, 2.05) is 0 Å². The molecule has 1 unspecified atom stereocenters. The van der Waals surface area contributed by atoms with E-state index in [1.54, 1.807) is 0 Å². The first-order valence-electron chi connectivity index (χ1n) is 7.33. The molecule has 2 rings (SSSR count). The zero-order valence-electron chi connectivity index (χ0n) is 13.5. The number of hydrogen-bond donors (Lipinski definition) is 1. The van der Waals surface area contributed by atoms with Crippen LogP contribution >= 0.6 is 15.9 Å². The predicted octanol–water partition coefficient (Wildman–Crippen LogP) is 5.41. The van der Waals surface area contributed by atoms with Crippen LogP contribution in [-0.2, 0) is 5.41 Å². The van der Waals surface area contributed by atoms with Crippen LogP contribution in [0.15, 0.2) is 40.9 Å². The van der Waals surface area contributed by atoms with Gasteiger partial charge in [-0.1, -0.05) is 73.1 Å². The molecule has 0 saturated heterocycles. The van der Waals surface area contributed by atoms with Gasteiger partial charge in [-0.05, 0) is 47.1 Å². The van der Waals surface area contributed by atoms with Crippen molar-refractivity contribution in [1.29, 1.82) is 0 Å². The molecular formula is C19H24BrN. The molecule has 0 aliphatic heterocycles. The van der Waals surface area contributed by atoms with Crippen molar-refractivity contribution in [2.45, 2.75) is 46.1 Å². The second-order valence-corrected chi connectivity index (χ2v) is 7.61. The minimum atomic E-state index is -0.0791. The molecule has 0 aliphatic rings. The van der Waals surface area contributed by atoms with E-state index in [0.29, 0.717) is 0 Å². The first kappa shape index (κ1) is 16.3. The Balaban J connectivity index is 2.34. The van der Waals surface area contributed by atoms with Crippen molar-refractivity contribution in [2.24, 2.45) is 5.73 Å². The van der Waals surface area contributed by atoms with Gasteiger partial charge in [0.1, 0.15) is 0 Å². The zero-order valence-corrected chi connectivity index (χ0v) is 15.1. The molecule has 0 aromatic heterocycles. The summed E-state index contributed by atoms with van der Waals surface area (Å²) >= 11 is 3.61. The molecule has 2 N–H and O–H groups in total. The molecule has 0 amide bonds. The fourth-order valence-corrected chi connectivity index (χ4v) is 2.77. The average Bonchev–Trinajstić information content (AvgIpc) is 2.42. The molecule has 2 heteroatoms. The monoisotopic (exact) mass is 345 g/mol. The van der Waals surface area contributed by atoms with Gasteiger partial charge in [0.15, 0.2) is 0 Å². The molecule has 0 heterocycles. The van der Waals surface area contributed by atoms with Gasteiger partial charge in [-0.25, -0.2) is 0 Å². The summed E-state index contributed by atoms with van der Waals surface area (Å²) in [6.07, 6.45) is 0. The normalized spacial score (nSPS) is 13.3. The van der Waals surface area contributed by atoms with E-state index < -0.39 is 0 Å². The number of hydrogen-bond acceptors (Lipinski definition) is 1. The van der Waals surface area contributed by atoms with Crippen molar-refractivity contribution >= 4 is 15.9 Å². The molecule has 0 saturated carbocycles. The molecule has 2 aromatic rings. The van der Waals surface area contributed by atoms with Crippen LogP contribution in [0.3, 0.4) is 0 Å². The molecular weight excluding hydrogens is 322 g/mol. The summed E-state index contributed by atoms with van der Waals surface area (Å²) in [5, 5.41) is 0. The van der Waals surface area contributed by atoms with Crippen LogP contribution in [0.5, 0.6) is 0 Å². The molecule has 1 atom stereocenters. The maximum atomic E-state index is 6.45. The number of halogens is 1. The van der Waals surface area contributed by atoms with E-state index in [-0.39, 0.29) is 11.5 Å². The highest BCUT2D eigenvalue weighted by molar-refractivity contribution is 9.10. The van der Waals surface area contributed by atoms with E-state index in [9.17, 15) is 0 Å². The molecule has 0 fully saturated rings. The number of aryl methyl sites for hydroxylation is 2. The van der Waals surface area contributed by atoms with Crippen LogP contribution in [0, 0.1) is 13.8 Å². The van der Waals surface area contributed by atoms with Gasteiger partial charge in [-0.15, -0.1) is 0 Å². The average molecular weight is 346 g/mol. The fraction of sp³-hybridized carbons (Fsp3) is 0.368.